The van der Waals surface area contributed by atoms with Crippen LogP contribution >= 0.6 is 15.9 Å². The van der Waals surface area contributed by atoms with Crippen LogP contribution in [0.25, 0.3) is 0 Å². The SMILES string of the molecule is CCCNC(C)C(c1cc(F)c(Br)cc1[N+](=O)[O-])C(C)C. The summed E-state index contributed by atoms with van der Waals surface area (Å²) in [6, 6.07) is 2.58. The van der Waals surface area contributed by atoms with Gasteiger partial charge in [-0.3, -0.25) is 10.1 Å². The predicted octanol–water partition coefficient (Wildman–Crippen LogP) is 4.62. The van der Waals surface area contributed by atoms with Crippen LogP contribution in [0.15, 0.2) is 16.6 Å². The van der Waals surface area contributed by atoms with Crippen molar-refractivity contribution in [2.45, 2.75) is 46.1 Å². The third kappa shape index (κ3) is 4.48. The second-order valence-electron chi connectivity index (χ2n) is 5.59. The molecule has 2 atom stereocenters. The molecule has 1 N–H and O–H groups in total. The van der Waals surface area contributed by atoms with Crippen molar-refractivity contribution < 1.29 is 9.31 Å². The highest BCUT2D eigenvalue weighted by atomic mass is 79.9. The van der Waals surface area contributed by atoms with Crippen LogP contribution in [0.4, 0.5) is 10.1 Å². The normalized spacial score (nSPS) is 14.2. The molecule has 0 aliphatic carbocycles. The number of halogens is 2. The summed E-state index contributed by atoms with van der Waals surface area (Å²) in [7, 11) is 0. The Kier molecular flexibility index (Phi) is 6.74. The standard InChI is InChI=1S/C15H22BrFN2O2/c1-5-6-18-10(4)15(9(2)3)11-7-13(17)12(16)8-14(11)19(20)21/h7-10,15,18H,5-6H2,1-4H3. The summed E-state index contributed by atoms with van der Waals surface area (Å²) in [6.45, 7) is 8.88. The lowest BCUT2D eigenvalue weighted by Gasteiger charge is -2.28. The third-order valence-electron chi connectivity index (χ3n) is 3.60. The molecule has 1 aromatic carbocycles. The van der Waals surface area contributed by atoms with Gasteiger partial charge in [0.2, 0.25) is 0 Å². The molecule has 0 fully saturated rings. The van der Waals surface area contributed by atoms with Gasteiger partial charge < -0.3 is 5.32 Å². The van der Waals surface area contributed by atoms with Crippen molar-refractivity contribution >= 4 is 21.6 Å². The molecule has 21 heavy (non-hydrogen) atoms. The van der Waals surface area contributed by atoms with Crippen molar-refractivity contribution in [3.8, 4) is 0 Å². The minimum absolute atomic E-state index is 0.0317. The maximum Gasteiger partial charge on any atom is 0.274 e. The largest absolute Gasteiger partial charge is 0.314 e. The molecule has 0 aromatic heterocycles. The minimum atomic E-state index is -0.469. The number of hydrogen-bond acceptors (Lipinski definition) is 3. The third-order valence-corrected chi connectivity index (χ3v) is 4.21. The van der Waals surface area contributed by atoms with Gasteiger partial charge in [0, 0.05) is 23.6 Å². The molecule has 6 heteroatoms. The predicted molar refractivity (Wildman–Crippen MR) is 86.1 cm³/mol. The fourth-order valence-corrected chi connectivity index (χ4v) is 3.01. The van der Waals surface area contributed by atoms with E-state index in [4.69, 9.17) is 0 Å². The average Bonchev–Trinajstić information content (AvgIpc) is 2.39. The van der Waals surface area contributed by atoms with Crippen LogP contribution in [0, 0.1) is 21.8 Å². The van der Waals surface area contributed by atoms with Gasteiger partial charge in [-0.05, 0) is 47.8 Å². The monoisotopic (exact) mass is 360 g/mol. The summed E-state index contributed by atoms with van der Waals surface area (Å²) in [5.41, 5.74) is 0.416. The first kappa shape index (κ1) is 18.0. The van der Waals surface area contributed by atoms with Gasteiger partial charge in [0.15, 0.2) is 0 Å². The van der Waals surface area contributed by atoms with E-state index in [2.05, 4.69) is 28.2 Å². The van der Waals surface area contributed by atoms with Crippen molar-refractivity contribution in [2.75, 3.05) is 6.54 Å². The van der Waals surface area contributed by atoms with Crippen LogP contribution in [0.2, 0.25) is 0 Å². The van der Waals surface area contributed by atoms with Crippen molar-refractivity contribution in [3.63, 3.8) is 0 Å². The zero-order valence-corrected chi connectivity index (χ0v) is 14.4. The molecule has 0 spiro atoms. The molecule has 0 amide bonds. The van der Waals surface area contributed by atoms with Gasteiger partial charge in [-0.1, -0.05) is 20.8 Å². The maximum absolute atomic E-state index is 13.9. The first-order valence-electron chi connectivity index (χ1n) is 7.16. The summed E-state index contributed by atoms with van der Waals surface area (Å²) in [6.07, 6.45) is 0.978. The zero-order valence-electron chi connectivity index (χ0n) is 12.8. The number of nitro benzene ring substituents is 1. The van der Waals surface area contributed by atoms with Crippen molar-refractivity contribution in [1.29, 1.82) is 0 Å². The van der Waals surface area contributed by atoms with Crippen LogP contribution < -0.4 is 5.32 Å². The highest BCUT2D eigenvalue weighted by Crippen LogP contribution is 2.37. The van der Waals surface area contributed by atoms with Crippen molar-refractivity contribution in [3.05, 3.63) is 38.1 Å². The fourth-order valence-electron chi connectivity index (χ4n) is 2.68. The average molecular weight is 361 g/mol. The Bertz CT molecular complexity index is 509. The van der Waals surface area contributed by atoms with E-state index in [0.717, 1.165) is 13.0 Å². The van der Waals surface area contributed by atoms with E-state index in [1.165, 1.54) is 12.1 Å². The molecule has 0 saturated heterocycles. The number of nitrogens with zero attached hydrogens (tertiary/aromatic N) is 1. The fraction of sp³-hybridized carbons (Fsp3) is 0.600. The molecule has 118 valence electrons. The Balaban J connectivity index is 3.30. The van der Waals surface area contributed by atoms with E-state index in [0.29, 0.717) is 5.56 Å². The molecular weight excluding hydrogens is 339 g/mol. The molecule has 0 bridgehead atoms. The Hall–Kier alpha value is -1.01. The highest BCUT2D eigenvalue weighted by Gasteiger charge is 2.30. The van der Waals surface area contributed by atoms with Crippen LogP contribution in [-0.2, 0) is 0 Å². The summed E-state index contributed by atoms with van der Waals surface area (Å²) in [4.78, 5) is 10.8. The van der Waals surface area contributed by atoms with E-state index < -0.39 is 10.7 Å². The summed E-state index contributed by atoms with van der Waals surface area (Å²) in [5, 5.41) is 14.6. The van der Waals surface area contributed by atoms with Gasteiger partial charge in [-0.15, -0.1) is 0 Å². The van der Waals surface area contributed by atoms with Crippen molar-refractivity contribution in [1.82, 2.24) is 5.32 Å². The Labute approximate surface area is 133 Å². The van der Waals surface area contributed by atoms with Gasteiger partial charge in [-0.25, -0.2) is 4.39 Å². The molecule has 0 aliphatic rings. The Morgan fingerprint density at radius 1 is 1.38 bits per heavy atom. The maximum atomic E-state index is 13.9. The molecule has 0 saturated carbocycles. The van der Waals surface area contributed by atoms with Crippen molar-refractivity contribution in [2.24, 2.45) is 5.92 Å². The van der Waals surface area contributed by atoms with Gasteiger partial charge in [0.25, 0.3) is 5.69 Å². The summed E-state index contributed by atoms with van der Waals surface area (Å²) in [5.74, 6) is -0.438. The zero-order chi connectivity index (χ0) is 16.2. The number of hydrogen-bond donors (Lipinski definition) is 1. The first-order chi connectivity index (χ1) is 9.79. The van der Waals surface area contributed by atoms with Crippen LogP contribution in [0.5, 0.6) is 0 Å². The Morgan fingerprint density at radius 2 is 2.00 bits per heavy atom. The van der Waals surface area contributed by atoms with Crippen LogP contribution in [-0.4, -0.2) is 17.5 Å². The quantitative estimate of drug-likeness (QED) is 0.569. The number of rotatable bonds is 7. The second-order valence-corrected chi connectivity index (χ2v) is 6.45. The minimum Gasteiger partial charge on any atom is -0.314 e. The van der Waals surface area contributed by atoms with Crippen LogP contribution in [0.1, 0.15) is 45.6 Å². The van der Waals surface area contributed by atoms with E-state index in [1.807, 2.05) is 20.8 Å². The molecule has 0 aliphatic heterocycles. The number of nitrogens with one attached hydrogen (secondary N) is 1. The molecule has 0 heterocycles. The second kappa shape index (κ2) is 7.84. The lowest BCUT2D eigenvalue weighted by molar-refractivity contribution is -0.386. The number of nitro groups is 1. The molecule has 2 unspecified atom stereocenters. The van der Waals surface area contributed by atoms with Gasteiger partial charge in [-0.2, -0.15) is 0 Å². The van der Waals surface area contributed by atoms with Gasteiger partial charge in [0.05, 0.1) is 9.40 Å². The smallest absolute Gasteiger partial charge is 0.274 e. The van der Waals surface area contributed by atoms with E-state index >= 15 is 0 Å². The lowest BCUT2D eigenvalue weighted by Crippen LogP contribution is -2.35. The van der Waals surface area contributed by atoms with Gasteiger partial charge >= 0.3 is 0 Å². The molecule has 0 radical (unpaired) electrons. The number of benzene rings is 1. The topological polar surface area (TPSA) is 55.2 Å². The highest BCUT2D eigenvalue weighted by molar-refractivity contribution is 9.10. The van der Waals surface area contributed by atoms with E-state index in [1.54, 1.807) is 0 Å². The lowest BCUT2D eigenvalue weighted by atomic mass is 9.82. The van der Waals surface area contributed by atoms with E-state index in [-0.39, 0.29) is 28.0 Å². The van der Waals surface area contributed by atoms with Crippen LogP contribution in [0.3, 0.4) is 0 Å². The molecule has 1 aromatic rings. The van der Waals surface area contributed by atoms with Gasteiger partial charge in [0.1, 0.15) is 5.82 Å². The first-order valence-corrected chi connectivity index (χ1v) is 7.95. The molecular formula is C15H22BrFN2O2. The van der Waals surface area contributed by atoms with E-state index in [9.17, 15) is 14.5 Å². The summed E-state index contributed by atoms with van der Waals surface area (Å²) >= 11 is 3.02. The summed E-state index contributed by atoms with van der Waals surface area (Å²) < 4.78 is 14.0. The Morgan fingerprint density at radius 3 is 2.48 bits per heavy atom. The molecule has 1 rings (SSSR count). The molecule has 4 nitrogen and oxygen atoms in total.